The van der Waals surface area contributed by atoms with Gasteiger partial charge in [-0.25, -0.2) is 0 Å². The Hall–Kier alpha value is 1.07. The summed E-state index contributed by atoms with van der Waals surface area (Å²) >= 11 is 0. The van der Waals surface area contributed by atoms with Crippen LogP contribution in [-0.2, 0) is 9.53 Å². The number of carbonyl (C=O) groups is 1. The SMILES string of the molecule is CCC[C@H]1O[C@@H]1C(=O)[O-].[K+]. The average Bonchev–Trinajstić information content (AvgIpc) is 2.47. The zero-order valence-electron chi connectivity index (χ0n) is 6.29. The molecule has 0 N–H and O–H groups in total. The molecule has 0 aromatic rings. The molecule has 0 aromatic carbocycles. The Morgan fingerprint density at radius 3 is 2.60 bits per heavy atom. The van der Waals surface area contributed by atoms with Crippen LogP contribution in [0.3, 0.4) is 0 Å². The van der Waals surface area contributed by atoms with Crippen LogP contribution in [0.15, 0.2) is 0 Å². The molecule has 0 spiro atoms. The number of epoxide rings is 1. The summed E-state index contributed by atoms with van der Waals surface area (Å²) in [5.74, 6) is -1.08. The van der Waals surface area contributed by atoms with Crippen molar-refractivity contribution in [3.05, 3.63) is 0 Å². The number of hydrogen-bond acceptors (Lipinski definition) is 3. The molecule has 1 fully saturated rings. The normalized spacial score (nSPS) is 28.9. The van der Waals surface area contributed by atoms with Crippen molar-refractivity contribution >= 4 is 5.97 Å². The Kier molecular flexibility index (Phi) is 5.36. The van der Waals surface area contributed by atoms with Gasteiger partial charge >= 0.3 is 51.4 Å². The van der Waals surface area contributed by atoms with E-state index in [9.17, 15) is 9.90 Å². The minimum atomic E-state index is -1.08. The fourth-order valence-electron chi connectivity index (χ4n) is 0.854. The van der Waals surface area contributed by atoms with Crippen LogP contribution >= 0.6 is 0 Å². The first-order valence-electron chi connectivity index (χ1n) is 3.12. The van der Waals surface area contributed by atoms with Gasteiger partial charge in [-0.2, -0.15) is 0 Å². The van der Waals surface area contributed by atoms with E-state index >= 15 is 0 Å². The minimum absolute atomic E-state index is 0. The van der Waals surface area contributed by atoms with Crippen molar-refractivity contribution in [3.63, 3.8) is 0 Å². The minimum Gasteiger partial charge on any atom is -0.547 e. The number of ether oxygens (including phenoxy) is 1. The van der Waals surface area contributed by atoms with Crippen molar-refractivity contribution in [2.75, 3.05) is 0 Å². The van der Waals surface area contributed by atoms with Crippen LogP contribution in [0.25, 0.3) is 0 Å². The molecular formula is C6H9KO3. The third kappa shape index (κ3) is 2.98. The molecule has 4 heteroatoms. The van der Waals surface area contributed by atoms with Gasteiger partial charge in [0.2, 0.25) is 0 Å². The summed E-state index contributed by atoms with van der Waals surface area (Å²) in [6.45, 7) is 1.99. The summed E-state index contributed by atoms with van der Waals surface area (Å²) in [5, 5.41) is 10.0. The van der Waals surface area contributed by atoms with Crippen LogP contribution in [0.4, 0.5) is 0 Å². The first-order chi connectivity index (χ1) is 4.25. The van der Waals surface area contributed by atoms with Gasteiger partial charge in [-0.3, -0.25) is 0 Å². The van der Waals surface area contributed by atoms with E-state index in [-0.39, 0.29) is 57.5 Å². The average molecular weight is 168 g/mol. The van der Waals surface area contributed by atoms with Crippen LogP contribution in [0.2, 0.25) is 0 Å². The number of aliphatic carboxylic acids is 1. The Labute approximate surface area is 103 Å². The fraction of sp³-hybridized carbons (Fsp3) is 0.833. The largest absolute Gasteiger partial charge is 1.00 e. The Morgan fingerprint density at radius 1 is 1.70 bits per heavy atom. The summed E-state index contributed by atoms with van der Waals surface area (Å²) in [4.78, 5) is 10.0. The molecule has 0 amide bonds. The second kappa shape index (κ2) is 4.85. The standard InChI is InChI=1S/C6H10O3.K/c1-2-3-4-5(9-4)6(7)8;/h4-5H,2-3H2,1H3,(H,7,8);/q;+1/p-1/t4-,5+;/m1./s1. The molecule has 3 nitrogen and oxygen atoms in total. The van der Waals surface area contributed by atoms with Crippen molar-refractivity contribution in [2.24, 2.45) is 0 Å². The third-order valence-electron chi connectivity index (χ3n) is 1.39. The first kappa shape index (κ1) is 11.1. The van der Waals surface area contributed by atoms with Crippen LogP contribution in [0.5, 0.6) is 0 Å². The van der Waals surface area contributed by atoms with Crippen LogP contribution in [0.1, 0.15) is 19.8 Å². The Bertz CT molecular complexity index is 126. The van der Waals surface area contributed by atoms with Crippen molar-refractivity contribution in [1.29, 1.82) is 0 Å². The van der Waals surface area contributed by atoms with Gasteiger partial charge in [0.15, 0.2) is 0 Å². The van der Waals surface area contributed by atoms with Crippen LogP contribution in [-0.4, -0.2) is 18.2 Å². The third-order valence-corrected chi connectivity index (χ3v) is 1.39. The van der Waals surface area contributed by atoms with E-state index in [4.69, 9.17) is 4.74 Å². The van der Waals surface area contributed by atoms with Gasteiger partial charge in [-0.1, -0.05) is 13.3 Å². The van der Waals surface area contributed by atoms with E-state index in [1.54, 1.807) is 0 Å². The molecule has 0 saturated carbocycles. The predicted molar refractivity (Wildman–Crippen MR) is 28.6 cm³/mol. The number of carboxylic acids is 1. The Morgan fingerprint density at radius 2 is 2.30 bits per heavy atom. The monoisotopic (exact) mass is 168 g/mol. The van der Waals surface area contributed by atoms with Crippen molar-refractivity contribution in [2.45, 2.75) is 32.0 Å². The van der Waals surface area contributed by atoms with Crippen molar-refractivity contribution < 1.29 is 66.0 Å². The molecule has 0 radical (unpaired) electrons. The molecule has 1 saturated heterocycles. The molecule has 1 rings (SSSR count). The van der Waals surface area contributed by atoms with E-state index < -0.39 is 12.1 Å². The second-order valence-corrected chi connectivity index (χ2v) is 2.20. The molecule has 1 aliphatic heterocycles. The topological polar surface area (TPSA) is 52.7 Å². The summed E-state index contributed by atoms with van der Waals surface area (Å²) in [6.07, 6.45) is 1.14. The van der Waals surface area contributed by atoms with Gasteiger partial charge in [0.1, 0.15) is 6.10 Å². The van der Waals surface area contributed by atoms with Gasteiger partial charge in [0.25, 0.3) is 0 Å². The number of rotatable bonds is 3. The van der Waals surface area contributed by atoms with Crippen LogP contribution in [0, 0.1) is 0 Å². The molecule has 0 unspecified atom stereocenters. The molecule has 1 heterocycles. The summed E-state index contributed by atoms with van der Waals surface area (Å²) in [5.41, 5.74) is 0. The zero-order valence-corrected chi connectivity index (χ0v) is 9.42. The smallest absolute Gasteiger partial charge is 0.547 e. The van der Waals surface area contributed by atoms with Crippen molar-refractivity contribution in [3.8, 4) is 0 Å². The summed E-state index contributed by atoms with van der Waals surface area (Å²) < 4.78 is 4.76. The van der Waals surface area contributed by atoms with E-state index in [1.807, 2.05) is 6.92 Å². The van der Waals surface area contributed by atoms with Gasteiger partial charge < -0.3 is 14.6 Å². The maximum atomic E-state index is 10.0. The fourth-order valence-corrected chi connectivity index (χ4v) is 0.854. The van der Waals surface area contributed by atoms with E-state index in [1.165, 1.54) is 0 Å². The number of carboxylic acid groups (broad SMARTS) is 1. The van der Waals surface area contributed by atoms with Gasteiger partial charge in [-0.15, -0.1) is 0 Å². The number of carbonyl (C=O) groups excluding carboxylic acids is 1. The first-order valence-corrected chi connectivity index (χ1v) is 3.12. The molecule has 0 aliphatic carbocycles. The summed E-state index contributed by atoms with van der Waals surface area (Å²) in [7, 11) is 0. The quantitative estimate of drug-likeness (QED) is 0.322. The Balaban J connectivity index is 0.000000810. The molecule has 52 valence electrons. The summed E-state index contributed by atoms with van der Waals surface area (Å²) in [6, 6.07) is 0. The van der Waals surface area contributed by atoms with E-state index in [0.29, 0.717) is 0 Å². The second-order valence-electron chi connectivity index (χ2n) is 2.20. The maximum Gasteiger partial charge on any atom is 1.00 e. The maximum absolute atomic E-state index is 10.0. The van der Waals surface area contributed by atoms with Gasteiger partial charge in [-0.05, 0) is 6.42 Å². The predicted octanol–water partition coefficient (Wildman–Crippen LogP) is -3.69. The molecule has 2 atom stereocenters. The molecule has 0 aromatic heterocycles. The molecule has 10 heavy (non-hydrogen) atoms. The molecule has 1 aliphatic rings. The number of hydrogen-bond donors (Lipinski definition) is 0. The zero-order chi connectivity index (χ0) is 6.85. The molecular weight excluding hydrogens is 159 g/mol. The van der Waals surface area contributed by atoms with E-state index in [0.717, 1.165) is 12.8 Å². The van der Waals surface area contributed by atoms with Gasteiger partial charge in [0.05, 0.1) is 12.1 Å². The van der Waals surface area contributed by atoms with Gasteiger partial charge in [0, 0.05) is 0 Å². The van der Waals surface area contributed by atoms with Crippen molar-refractivity contribution in [1.82, 2.24) is 0 Å². The van der Waals surface area contributed by atoms with Crippen LogP contribution < -0.4 is 56.5 Å². The molecule has 0 bridgehead atoms. The van der Waals surface area contributed by atoms with E-state index in [2.05, 4.69) is 0 Å².